The molecule has 3 fully saturated rings. The fourth-order valence-corrected chi connectivity index (χ4v) is 6.26. The first kappa shape index (κ1) is 24.3. The maximum absolute atomic E-state index is 15.1. The van der Waals surface area contributed by atoms with Crippen LogP contribution >= 0.6 is 0 Å². The van der Waals surface area contributed by atoms with Gasteiger partial charge in [-0.05, 0) is 61.6 Å². The normalized spacial score (nSPS) is 29.3. The van der Waals surface area contributed by atoms with Gasteiger partial charge in [-0.1, -0.05) is 18.9 Å². The zero-order valence-electron chi connectivity index (χ0n) is 19.8. The maximum Gasteiger partial charge on any atom is 0.255 e. The summed E-state index contributed by atoms with van der Waals surface area (Å²) in [5.41, 5.74) is 1.53. The van der Waals surface area contributed by atoms with E-state index in [-0.39, 0.29) is 67.6 Å². The largest absolute Gasteiger partial charge is 0.322 e. The number of nitrogens with one attached hydrogen (secondary N) is 2. The first-order valence-corrected chi connectivity index (χ1v) is 12.8. The third-order valence-corrected chi connectivity index (χ3v) is 8.25. The van der Waals surface area contributed by atoms with Crippen LogP contribution in [-0.2, 0) is 22.6 Å². The molecule has 0 aromatic heterocycles. The van der Waals surface area contributed by atoms with Gasteiger partial charge in [0, 0.05) is 43.5 Å². The second-order valence-electron chi connectivity index (χ2n) is 10.7. The van der Waals surface area contributed by atoms with Gasteiger partial charge in [-0.3, -0.25) is 19.7 Å². The number of alkyl halides is 2. The minimum Gasteiger partial charge on any atom is -0.322 e. The van der Waals surface area contributed by atoms with Gasteiger partial charge in [0.25, 0.3) is 5.91 Å². The Labute approximate surface area is 203 Å². The fourth-order valence-electron chi connectivity index (χ4n) is 6.26. The molecule has 1 saturated heterocycles. The van der Waals surface area contributed by atoms with Crippen LogP contribution in [0, 0.1) is 11.7 Å². The number of rotatable bonds is 5. The molecule has 3 atom stereocenters. The van der Waals surface area contributed by atoms with Gasteiger partial charge in [-0.25, -0.2) is 13.2 Å². The van der Waals surface area contributed by atoms with E-state index < -0.39 is 23.7 Å². The number of amides is 3. The molecular formula is C26H32F3N3O3. The predicted molar refractivity (Wildman–Crippen MR) is 122 cm³/mol. The quantitative estimate of drug-likeness (QED) is 0.614. The van der Waals surface area contributed by atoms with E-state index in [0.717, 1.165) is 25.7 Å². The number of fused-ring (bicyclic) bond motifs is 1. The molecule has 1 aromatic rings. The van der Waals surface area contributed by atoms with Crippen LogP contribution in [0.5, 0.6) is 0 Å². The molecule has 2 heterocycles. The average molecular weight is 492 g/mol. The lowest BCUT2D eigenvalue weighted by Crippen LogP contribution is -2.52. The number of carbonyl (C=O) groups excluding carboxylic acids is 3. The molecule has 2 N–H and O–H groups in total. The Morgan fingerprint density at radius 2 is 1.77 bits per heavy atom. The molecule has 6 nitrogen and oxygen atoms in total. The summed E-state index contributed by atoms with van der Waals surface area (Å²) in [6.07, 6.45) is 5.73. The number of benzene rings is 1. The monoisotopic (exact) mass is 491 g/mol. The van der Waals surface area contributed by atoms with Crippen LogP contribution in [-0.4, -0.2) is 46.7 Å². The first-order valence-electron chi connectivity index (χ1n) is 12.8. The number of hydrogen-bond donors (Lipinski definition) is 2. The Kier molecular flexibility index (Phi) is 6.63. The molecule has 2 aliphatic carbocycles. The van der Waals surface area contributed by atoms with E-state index in [1.54, 1.807) is 6.07 Å². The first-order chi connectivity index (χ1) is 16.7. The topological polar surface area (TPSA) is 78.5 Å². The van der Waals surface area contributed by atoms with Gasteiger partial charge in [-0.2, -0.15) is 0 Å². The van der Waals surface area contributed by atoms with Gasteiger partial charge >= 0.3 is 0 Å². The average Bonchev–Trinajstić information content (AvgIpc) is 3.12. The third-order valence-electron chi connectivity index (χ3n) is 8.25. The van der Waals surface area contributed by atoms with Gasteiger partial charge in [0.15, 0.2) is 0 Å². The van der Waals surface area contributed by atoms with Crippen molar-refractivity contribution in [1.82, 2.24) is 15.5 Å². The van der Waals surface area contributed by atoms with E-state index in [9.17, 15) is 23.2 Å². The number of carbonyl (C=O) groups is 3. The molecule has 0 radical (unpaired) electrons. The summed E-state index contributed by atoms with van der Waals surface area (Å²) in [5, 5.41) is 5.89. The van der Waals surface area contributed by atoms with Crippen molar-refractivity contribution in [3.05, 3.63) is 34.6 Å². The number of halogens is 3. The van der Waals surface area contributed by atoms with Crippen LogP contribution < -0.4 is 10.6 Å². The van der Waals surface area contributed by atoms with Gasteiger partial charge in [0.2, 0.25) is 17.7 Å². The molecule has 190 valence electrons. The second kappa shape index (κ2) is 9.56. The van der Waals surface area contributed by atoms with E-state index in [2.05, 4.69) is 10.6 Å². The van der Waals surface area contributed by atoms with Crippen molar-refractivity contribution >= 4 is 17.7 Å². The summed E-state index contributed by atoms with van der Waals surface area (Å²) >= 11 is 0. The van der Waals surface area contributed by atoms with Gasteiger partial charge in [-0.15, -0.1) is 0 Å². The Morgan fingerprint density at radius 1 is 1.03 bits per heavy atom. The van der Waals surface area contributed by atoms with E-state index in [0.29, 0.717) is 30.4 Å². The van der Waals surface area contributed by atoms with Gasteiger partial charge < -0.3 is 10.2 Å². The zero-order chi connectivity index (χ0) is 24.7. The number of hydrogen-bond acceptors (Lipinski definition) is 4. The molecule has 9 heteroatoms. The van der Waals surface area contributed by atoms with Gasteiger partial charge in [0.1, 0.15) is 11.9 Å². The molecule has 2 saturated carbocycles. The van der Waals surface area contributed by atoms with Crippen molar-refractivity contribution < 1.29 is 27.6 Å². The van der Waals surface area contributed by atoms with Crippen molar-refractivity contribution in [3.8, 4) is 0 Å². The highest BCUT2D eigenvalue weighted by molar-refractivity contribution is 6.05. The SMILES string of the molecule is O=C1CCC(N2Cc3cc(C[C@H]4CCCC[C@@H]4NC4CCC(F)(F)CC4)c(F)cc3C2=O)C(=O)N1. The molecule has 4 aliphatic rings. The molecule has 0 bridgehead atoms. The van der Waals surface area contributed by atoms with Crippen molar-refractivity contribution in [3.63, 3.8) is 0 Å². The van der Waals surface area contributed by atoms with Crippen LogP contribution in [0.1, 0.15) is 85.7 Å². The predicted octanol–water partition coefficient (Wildman–Crippen LogP) is 3.86. The van der Waals surface area contributed by atoms with Crippen molar-refractivity contribution in [2.24, 2.45) is 5.92 Å². The summed E-state index contributed by atoms with van der Waals surface area (Å²) in [6, 6.07) is 2.54. The van der Waals surface area contributed by atoms with Crippen LogP contribution in [0.15, 0.2) is 12.1 Å². The Hall–Kier alpha value is -2.42. The Bertz CT molecular complexity index is 1020. The number of nitrogens with zero attached hydrogens (tertiary/aromatic N) is 1. The summed E-state index contributed by atoms with van der Waals surface area (Å²) in [5.74, 6) is -4.00. The molecule has 1 unspecified atom stereocenters. The van der Waals surface area contributed by atoms with Crippen LogP contribution in [0.4, 0.5) is 13.2 Å². The highest BCUT2D eigenvalue weighted by Crippen LogP contribution is 2.36. The second-order valence-corrected chi connectivity index (χ2v) is 10.7. The van der Waals surface area contributed by atoms with E-state index in [1.165, 1.54) is 11.0 Å². The van der Waals surface area contributed by atoms with Crippen LogP contribution in [0.2, 0.25) is 0 Å². The summed E-state index contributed by atoms with van der Waals surface area (Å²) in [4.78, 5) is 38.1. The number of piperidine rings is 1. The molecule has 2 aliphatic heterocycles. The Morgan fingerprint density at radius 3 is 2.51 bits per heavy atom. The van der Waals surface area contributed by atoms with E-state index in [1.807, 2.05) is 0 Å². The van der Waals surface area contributed by atoms with Crippen molar-refractivity contribution in [2.45, 2.75) is 101 Å². The smallest absolute Gasteiger partial charge is 0.255 e. The number of imide groups is 1. The highest BCUT2D eigenvalue weighted by Gasteiger charge is 2.40. The fraction of sp³-hybridized carbons (Fsp3) is 0.654. The van der Waals surface area contributed by atoms with Crippen LogP contribution in [0.3, 0.4) is 0 Å². The molecule has 3 amide bonds. The van der Waals surface area contributed by atoms with E-state index in [4.69, 9.17) is 0 Å². The molecule has 35 heavy (non-hydrogen) atoms. The lowest BCUT2D eigenvalue weighted by molar-refractivity contribution is -0.136. The highest BCUT2D eigenvalue weighted by atomic mass is 19.3. The van der Waals surface area contributed by atoms with Crippen molar-refractivity contribution in [2.75, 3.05) is 0 Å². The van der Waals surface area contributed by atoms with Gasteiger partial charge in [0.05, 0.1) is 0 Å². The van der Waals surface area contributed by atoms with Crippen molar-refractivity contribution in [1.29, 1.82) is 0 Å². The summed E-state index contributed by atoms with van der Waals surface area (Å²) < 4.78 is 42.2. The standard InChI is InChI=1S/C26H32F3N3O3/c27-20-13-19-17(14-32(25(19)35)22-5-6-23(33)31-24(22)34)12-16(20)11-15-3-1-2-4-21(15)30-18-7-9-26(28,29)10-8-18/h12-13,15,18,21-22,30H,1-11,14H2,(H,31,33,34)/t15-,21+,22?/m1/s1. The molecule has 0 spiro atoms. The molecular weight excluding hydrogens is 459 g/mol. The third kappa shape index (κ3) is 5.10. The van der Waals surface area contributed by atoms with E-state index >= 15 is 4.39 Å². The lowest BCUT2D eigenvalue weighted by atomic mass is 9.79. The zero-order valence-corrected chi connectivity index (χ0v) is 19.8. The minimum absolute atomic E-state index is 0.0739. The summed E-state index contributed by atoms with van der Waals surface area (Å²) in [7, 11) is 0. The molecule has 1 aromatic carbocycles. The minimum atomic E-state index is -2.56. The molecule has 5 rings (SSSR count). The van der Waals surface area contributed by atoms with Crippen LogP contribution in [0.25, 0.3) is 0 Å². The Balaban J connectivity index is 1.28. The summed E-state index contributed by atoms with van der Waals surface area (Å²) in [6.45, 7) is 0.219. The maximum atomic E-state index is 15.1. The lowest BCUT2D eigenvalue weighted by Gasteiger charge is -2.38.